The van der Waals surface area contributed by atoms with Crippen LogP contribution in [-0.2, 0) is 17.6 Å². The molecule has 0 aliphatic heterocycles. The minimum Gasteiger partial charge on any atom is -0.345 e. The number of hydrogen-bond donors (Lipinski definition) is 1. The van der Waals surface area contributed by atoms with Gasteiger partial charge in [-0.3, -0.25) is 4.79 Å². The number of hydrogen-bond acceptors (Lipinski definition) is 4. The third kappa shape index (κ3) is 4.18. The molecule has 0 saturated heterocycles. The summed E-state index contributed by atoms with van der Waals surface area (Å²) in [6, 6.07) is 8.01. The molecule has 0 aliphatic carbocycles. The molecule has 1 N–H and O–H groups in total. The Hall–Kier alpha value is -2.61. The number of carbonyl (C=O) groups is 1. The molecule has 1 aromatic heterocycles. The highest BCUT2D eigenvalue weighted by atomic mass is 16.5. The Labute approximate surface area is 123 Å². The van der Waals surface area contributed by atoms with Crippen LogP contribution >= 0.6 is 0 Å². The highest BCUT2D eigenvalue weighted by molar-refractivity contribution is 5.76. The molecule has 5 nitrogen and oxygen atoms in total. The second-order valence-corrected chi connectivity index (χ2v) is 4.54. The van der Waals surface area contributed by atoms with E-state index in [9.17, 15) is 4.79 Å². The number of aromatic nitrogens is 2. The molecule has 5 heteroatoms. The van der Waals surface area contributed by atoms with Crippen molar-refractivity contribution in [3.05, 3.63) is 35.7 Å². The van der Waals surface area contributed by atoms with Crippen molar-refractivity contribution >= 4 is 5.91 Å². The standard InChI is InChI=1S/C16H17N3O2/c1-3-11-17-14(20)9-10-15-18-16(19-21-15)13-7-5-12(4-2)6-8-13/h1,5-8H,4,9-11H2,2H3,(H,17,20). The number of aryl methyl sites for hydroxylation is 2. The Morgan fingerprint density at radius 1 is 1.38 bits per heavy atom. The van der Waals surface area contributed by atoms with Gasteiger partial charge < -0.3 is 9.84 Å². The summed E-state index contributed by atoms with van der Waals surface area (Å²) < 4.78 is 5.15. The average Bonchev–Trinajstić information content (AvgIpc) is 3.00. The summed E-state index contributed by atoms with van der Waals surface area (Å²) in [7, 11) is 0. The van der Waals surface area contributed by atoms with E-state index >= 15 is 0 Å². The molecule has 0 atom stereocenters. The zero-order valence-corrected chi connectivity index (χ0v) is 11.9. The molecule has 0 unspecified atom stereocenters. The predicted molar refractivity (Wildman–Crippen MR) is 79.3 cm³/mol. The van der Waals surface area contributed by atoms with Crippen LogP contribution in [0.4, 0.5) is 0 Å². The molecular formula is C16H17N3O2. The molecule has 0 fully saturated rings. The summed E-state index contributed by atoms with van der Waals surface area (Å²) in [5.74, 6) is 3.21. The van der Waals surface area contributed by atoms with Crippen LogP contribution < -0.4 is 5.32 Å². The molecule has 0 spiro atoms. The van der Waals surface area contributed by atoms with Crippen molar-refractivity contribution in [1.82, 2.24) is 15.5 Å². The maximum Gasteiger partial charge on any atom is 0.227 e. The lowest BCUT2D eigenvalue weighted by Gasteiger charge is -1.98. The van der Waals surface area contributed by atoms with Gasteiger partial charge in [0, 0.05) is 18.4 Å². The number of rotatable bonds is 6. The molecule has 2 rings (SSSR count). The highest BCUT2D eigenvalue weighted by Crippen LogP contribution is 2.17. The van der Waals surface area contributed by atoms with Crippen molar-refractivity contribution in [1.29, 1.82) is 0 Å². The number of nitrogens with zero attached hydrogens (tertiary/aromatic N) is 2. The van der Waals surface area contributed by atoms with Crippen molar-refractivity contribution in [2.75, 3.05) is 6.54 Å². The topological polar surface area (TPSA) is 68.0 Å². The van der Waals surface area contributed by atoms with Gasteiger partial charge in [0.25, 0.3) is 0 Å². The minimum atomic E-state index is -0.125. The van der Waals surface area contributed by atoms with Crippen LogP contribution in [0.3, 0.4) is 0 Å². The monoisotopic (exact) mass is 283 g/mol. The van der Waals surface area contributed by atoms with Gasteiger partial charge in [-0.2, -0.15) is 4.98 Å². The molecule has 1 aromatic carbocycles. The first kappa shape index (κ1) is 14.8. The van der Waals surface area contributed by atoms with Crippen LogP contribution in [0.5, 0.6) is 0 Å². The number of terminal acetylenes is 1. The molecule has 1 heterocycles. The quantitative estimate of drug-likeness (QED) is 0.823. The molecule has 0 saturated carbocycles. The van der Waals surface area contributed by atoms with Gasteiger partial charge in [-0.15, -0.1) is 6.42 Å². The van der Waals surface area contributed by atoms with Crippen molar-refractivity contribution in [2.24, 2.45) is 0 Å². The fraction of sp³-hybridized carbons (Fsp3) is 0.312. The molecule has 108 valence electrons. The Morgan fingerprint density at radius 3 is 2.81 bits per heavy atom. The summed E-state index contributed by atoms with van der Waals surface area (Å²) in [4.78, 5) is 15.7. The number of carbonyl (C=O) groups excluding carboxylic acids is 1. The van der Waals surface area contributed by atoms with E-state index in [1.54, 1.807) is 0 Å². The van der Waals surface area contributed by atoms with E-state index in [2.05, 4.69) is 28.3 Å². The summed E-state index contributed by atoms with van der Waals surface area (Å²) in [6.07, 6.45) is 6.73. The van der Waals surface area contributed by atoms with Gasteiger partial charge in [-0.05, 0) is 12.0 Å². The fourth-order valence-electron chi connectivity index (χ4n) is 1.82. The van der Waals surface area contributed by atoms with Crippen LogP contribution in [0.1, 0.15) is 24.8 Å². The molecular weight excluding hydrogens is 266 g/mol. The molecule has 21 heavy (non-hydrogen) atoms. The summed E-state index contributed by atoms with van der Waals surface area (Å²) in [5, 5.41) is 6.52. The van der Waals surface area contributed by atoms with Crippen molar-refractivity contribution in [3.63, 3.8) is 0 Å². The molecule has 0 aliphatic rings. The Morgan fingerprint density at radius 2 is 2.14 bits per heavy atom. The number of benzene rings is 1. The molecule has 2 aromatic rings. The van der Waals surface area contributed by atoms with Gasteiger partial charge in [-0.25, -0.2) is 0 Å². The maximum absolute atomic E-state index is 11.4. The van der Waals surface area contributed by atoms with Gasteiger partial charge >= 0.3 is 0 Å². The predicted octanol–water partition coefficient (Wildman–Crippen LogP) is 1.98. The van der Waals surface area contributed by atoms with Gasteiger partial charge in [0.1, 0.15) is 0 Å². The normalized spacial score (nSPS) is 10.1. The number of amides is 1. The van der Waals surface area contributed by atoms with Crippen LogP contribution in [0.15, 0.2) is 28.8 Å². The first-order valence-corrected chi connectivity index (χ1v) is 6.85. The lowest BCUT2D eigenvalue weighted by molar-refractivity contribution is -0.120. The van der Waals surface area contributed by atoms with Crippen molar-refractivity contribution in [3.8, 4) is 23.7 Å². The van der Waals surface area contributed by atoms with Crippen LogP contribution in [-0.4, -0.2) is 22.6 Å². The van der Waals surface area contributed by atoms with E-state index < -0.39 is 0 Å². The third-order valence-corrected chi connectivity index (χ3v) is 3.04. The van der Waals surface area contributed by atoms with Crippen LogP contribution in [0.25, 0.3) is 11.4 Å². The Balaban J connectivity index is 1.94. The summed E-state index contributed by atoms with van der Waals surface area (Å²) in [5.41, 5.74) is 2.16. The second-order valence-electron chi connectivity index (χ2n) is 4.54. The van der Waals surface area contributed by atoms with E-state index in [0.29, 0.717) is 18.1 Å². The minimum absolute atomic E-state index is 0.125. The van der Waals surface area contributed by atoms with Crippen LogP contribution in [0, 0.1) is 12.3 Å². The van der Waals surface area contributed by atoms with Gasteiger partial charge in [-0.1, -0.05) is 42.3 Å². The molecule has 0 radical (unpaired) electrons. The van der Waals surface area contributed by atoms with E-state index in [1.165, 1.54) is 5.56 Å². The van der Waals surface area contributed by atoms with E-state index in [4.69, 9.17) is 10.9 Å². The summed E-state index contributed by atoms with van der Waals surface area (Å²) >= 11 is 0. The smallest absolute Gasteiger partial charge is 0.227 e. The largest absolute Gasteiger partial charge is 0.345 e. The first-order chi connectivity index (χ1) is 10.2. The average molecular weight is 283 g/mol. The first-order valence-electron chi connectivity index (χ1n) is 6.85. The Bertz CT molecular complexity index is 638. The van der Waals surface area contributed by atoms with E-state index in [-0.39, 0.29) is 18.9 Å². The zero-order valence-electron chi connectivity index (χ0n) is 11.9. The zero-order chi connectivity index (χ0) is 15.1. The SMILES string of the molecule is C#CCNC(=O)CCc1nc(-c2ccc(CC)cc2)no1. The van der Waals surface area contributed by atoms with Crippen LogP contribution in [0.2, 0.25) is 0 Å². The Kier molecular flexibility index (Phi) is 5.10. The lowest BCUT2D eigenvalue weighted by Crippen LogP contribution is -2.23. The third-order valence-electron chi connectivity index (χ3n) is 3.04. The van der Waals surface area contributed by atoms with E-state index in [1.807, 2.05) is 24.3 Å². The van der Waals surface area contributed by atoms with Gasteiger partial charge in [0.2, 0.25) is 17.6 Å². The lowest BCUT2D eigenvalue weighted by atomic mass is 10.1. The number of nitrogens with one attached hydrogen (secondary N) is 1. The molecule has 1 amide bonds. The van der Waals surface area contributed by atoms with Gasteiger partial charge in [0.05, 0.1) is 6.54 Å². The summed E-state index contributed by atoms with van der Waals surface area (Å²) in [6.45, 7) is 2.34. The second kappa shape index (κ2) is 7.25. The highest BCUT2D eigenvalue weighted by Gasteiger charge is 2.10. The fourth-order valence-corrected chi connectivity index (χ4v) is 1.82. The van der Waals surface area contributed by atoms with Crippen molar-refractivity contribution in [2.45, 2.75) is 26.2 Å². The molecule has 0 bridgehead atoms. The van der Waals surface area contributed by atoms with Crippen molar-refractivity contribution < 1.29 is 9.32 Å². The van der Waals surface area contributed by atoms with E-state index in [0.717, 1.165) is 12.0 Å². The maximum atomic E-state index is 11.4. The van der Waals surface area contributed by atoms with Gasteiger partial charge in [0.15, 0.2) is 0 Å².